The number of hydrogen-bond acceptors (Lipinski definition) is 3. The van der Waals surface area contributed by atoms with E-state index in [4.69, 9.17) is 0 Å². The molecule has 294 valence electrons. The van der Waals surface area contributed by atoms with Gasteiger partial charge in [0.1, 0.15) is 0 Å². The van der Waals surface area contributed by atoms with E-state index in [0.29, 0.717) is 11.6 Å². The summed E-state index contributed by atoms with van der Waals surface area (Å²) in [6.45, 7) is 9.84. The van der Waals surface area contributed by atoms with Gasteiger partial charge in [-0.05, 0) is 121 Å². The number of benzene rings is 8. The predicted octanol–water partition coefficient (Wildman–Crippen LogP) is 15.3. The molecule has 0 fully saturated rings. The van der Waals surface area contributed by atoms with E-state index in [2.05, 4.69) is 231 Å². The Bertz CT molecular complexity index is 3180. The van der Waals surface area contributed by atoms with Crippen molar-refractivity contribution in [2.45, 2.75) is 53.7 Å². The topological polar surface area (TPSA) is 6.48 Å². The monoisotopic (exact) mass is 818 g/mol. The Labute approximate surface area is 364 Å². The summed E-state index contributed by atoms with van der Waals surface area (Å²) in [6, 6.07) is 59.7. The molecule has 0 radical (unpaired) electrons. The van der Waals surface area contributed by atoms with Gasteiger partial charge in [-0.2, -0.15) is 0 Å². The summed E-state index contributed by atoms with van der Waals surface area (Å²) in [4.78, 5) is 7.61. The third-order valence-electron chi connectivity index (χ3n) is 14.1. The first-order valence-electron chi connectivity index (χ1n) is 21.6. The average Bonchev–Trinajstić information content (AvgIpc) is 3.51. The van der Waals surface area contributed by atoms with Crippen LogP contribution in [0.1, 0.15) is 36.1 Å². The smallest absolute Gasteiger partial charge is 0.0926 e. The zero-order valence-corrected chi connectivity index (χ0v) is 36.7. The molecular weight excluding hydrogens is 773 g/mol. The molecule has 2 nitrogen and oxygen atoms in total. The summed E-state index contributed by atoms with van der Waals surface area (Å²) < 4.78 is 0. The lowest BCUT2D eigenvalue weighted by Crippen LogP contribution is -2.59. The van der Waals surface area contributed by atoms with Crippen molar-refractivity contribution in [3.8, 4) is 11.1 Å². The first kappa shape index (κ1) is 36.5. The molecule has 8 aromatic carbocycles. The highest BCUT2D eigenvalue weighted by Crippen LogP contribution is 2.55. The van der Waals surface area contributed by atoms with Gasteiger partial charge in [0.05, 0.1) is 25.5 Å². The van der Waals surface area contributed by atoms with Crippen LogP contribution < -0.4 is 15.0 Å². The van der Waals surface area contributed by atoms with E-state index >= 15 is 0 Å². The normalized spacial score (nSPS) is 18.8. The molecule has 4 heteroatoms. The van der Waals surface area contributed by atoms with E-state index in [1.165, 1.54) is 93.2 Å². The van der Waals surface area contributed by atoms with Crippen LogP contribution in [-0.2, 0) is 5.41 Å². The van der Waals surface area contributed by atoms with Crippen molar-refractivity contribution in [3.05, 3.63) is 204 Å². The lowest BCUT2D eigenvalue weighted by atomic mass is 9.81. The third kappa shape index (κ3) is 5.62. The molecule has 8 aromatic rings. The van der Waals surface area contributed by atoms with Gasteiger partial charge in [-0.1, -0.05) is 172 Å². The van der Waals surface area contributed by atoms with Crippen LogP contribution in [0, 0.1) is 0 Å². The Balaban J connectivity index is 0.837. The van der Waals surface area contributed by atoms with E-state index in [1.54, 1.807) is 5.19 Å². The Morgan fingerprint density at radius 2 is 1.11 bits per heavy atom. The number of hydrogen-bond donors (Lipinski definition) is 0. The van der Waals surface area contributed by atoms with Crippen LogP contribution >= 0.6 is 11.8 Å². The van der Waals surface area contributed by atoms with Crippen LogP contribution in [-0.4, -0.2) is 14.1 Å². The molecule has 0 saturated heterocycles. The number of fused-ring (bicyclic) bond motifs is 10. The minimum atomic E-state index is -1.71. The van der Waals surface area contributed by atoms with Gasteiger partial charge in [0, 0.05) is 37.8 Å². The molecule has 2 aliphatic heterocycles. The molecule has 4 aliphatic rings. The second kappa shape index (κ2) is 13.6. The van der Waals surface area contributed by atoms with Crippen molar-refractivity contribution < 1.29 is 0 Å². The van der Waals surface area contributed by atoms with Gasteiger partial charge in [0.2, 0.25) is 0 Å². The van der Waals surface area contributed by atoms with Crippen molar-refractivity contribution >= 4 is 87.2 Å². The fraction of sp³-hybridized carbons (Fsp3) is 0.123. The zero-order chi connectivity index (χ0) is 41.0. The Morgan fingerprint density at radius 1 is 0.541 bits per heavy atom. The minimum Gasteiger partial charge on any atom is -0.334 e. The van der Waals surface area contributed by atoms with Crippen LogP contribution in [0.3, 0.4) is 0 Å². The second-order valence-electron chi connectivity index (χ2n) is 18.2. The van der Waals surface area contributed by atoms with Gasteiger partial charge in [-0.15, -0.1) is 0 Å². The molecule has 0 spiro atoms. The zero-order valence-electron chi connectivity index (χ0n) is 34.9. The number of nitrogens with zero attached hydrogens (tertiary/aromatic N) is 2. The molecule has 2 heterocycles. The minimum absolute atomic E-state index is 0.139. The number of anilines is 5. The van der Waals surface area contributed by atoms with E-state index in [9.17, 15) is 0 Å². The number of rotatable bonds is 4. The Hall–Kier alpha value is -6.33. The van der Waals surface area contributed by atoms with E-state index < -0.39 is 8.07 Å². The van der Waals surface area contributed by atoms with E-state index in [0.717, 1.165) is 0 Å². The number of para-hydroxylation sites is 3. The van der Waals surface area contributed by atoms with Crippen molar-refractivity contribution in [2.75, 3.05) is 9.80 Å². The molecule has 0 saturated carbocycles. The fourth-order valence-electron chi connectivity index (χ4n) is 10.9. The molecule has 2 aliphatic carbocycles. The van der Waals surface area contributed by atoms with E-state index in [-0.39, 0.29) is 5.41 Å². The summed E-state index contributed by atoms with van der Waals surface area (Å²) >= 11 is 1.86. The van der Waals surface area contributed by atoms with Gasteiger partial charge in [-0.25, -0.2) is 0 Å². The van der Waals surface area contributed by atoms with Crippen LogP contribution in [0.4, 0.5) is 28.4 Å². The summed E-state index contributed by atoms with van der Waals surface area (Å²) in [7, 11) is -1.71. The largest absolute Gasteiger partial charge is 0.334 e. The standard InChI is InChI=1S/C57H46N2SSi/c1-57(2)47-34-38(24-30-45(47)46-32-28-42(36-48(46)57)58-49-13-5-9-17-53(49)60-54-18-10-6-14-50(54)58)22-21-37-23-29-43-39(33-37)25-26-40-35-41(27-31-44(40)43)59-51-15-7-11-19-55(51)61(3,4)56-20-12-8-16-52(56)59/h5-36,51,55H,1-4H3. The first-order valence-corrected chi connectivity index (χ1v) is 25.5. The van der Waals surface area contributed by atoms with E-state index in [1.807, 2.05) is 11.8 Å². The highest BCUT2D eigenvalue weighted by Gasteiger charge is 2.46. The molecular formula is C57H46N2SSi. The first-order chi connectivity index (χ1) is 29.7. The molecule has 0 amide bonds. The predicted molar refractivity (Wildman–Crippen MR) is 265 cm³/mol. The maximum atomic E-state index is 2.60. The van der Waals surface area contributed by atoms with Crippen molar-refractivity contribution in [1.29, 1.82) is 0 Å². The summed E-state index contributed by atoms with van der Waals surface area (Å²) in [5.41, 5.74) is 14.5. The quantitative estimate of drug-likeness (QED) is 0.0992. The number of allylic oxidation sites excluding steroid dienone is 2. The lowest BCUT2D eigenvalue weighted by Gasteiger charge is -2.49. The Morgan fingerprint density at radius 3 is 1.87 bits per heavy atom. The Kier molecular flexibility index (Phi) is 8.13. The molecule has 0 N–H and O–H groups in total. The van der Waals surface area contributed by atoms with Gasteiger partial charge in [0.15, 0.2) is 0 Å². The van der Waals surface area contributed by atoms with Gasteiger partial charge >= 0.3 is 0 Å². The van der Waals surface area contributed by atoms with Gasteiger partial charge in [-0.3, -0.25) is 0 Å². The van der Waals surface area contributed by atoms with Gasteiger partial charge < -0.3 is 9.80 Å². The third-order valence-corrected chi connectivity index (χ3v) is 19.2. The average molecular weight is 819 g/mol. The summed E-state index contributed by atoms with van der Waals surface area (Å²) in [5.74, 6) is 0. The van der Waals surface area contributed by atoms with Crippen molar-refractivity contribution in [1.82, 2.24) is 0 Å². The van der Waals surface area contributed by atoms with Gasteiger partial charge in [0.25, 0.3) is 0 Å². The van der Waals surface area contributed by atoms with Crippen LogP contribution in [0.25, 0.3) is 44.8 Å². The molecule has 61 heavy (non-hydrogen) atoms. The summed E-state index contributed by atoms with van der Waals surface area (Å²) in [5, 5.41) is 6.67. The second-order valence-corrected chi connectivity index (χ2v) is 23.9. The van der Waals surface area contributed by atoms with Crippen LogP contribution in [0.15, 0.2) is 192 Å². The lowest BCUT2D eigenvalue weighted by molar-refractivity contribution is 0.660. The summed E-state index contributed by atoms with van der Waals surface area (Å²) in [6.07, 6.45) is 13.9. The SMILES string of the molecule is CC1(C)c2cc(C=Cc3ccc4c(ccc5cc(N6c7ccccc7[Si](C)(C)C7C=CC=CC76)ccc54)c3)ccc2-c2ccc(N3c4ccccc4Sc4ccccc43)cc21. The molecule has 0 aromatic heterocycles. The maximum absolute atomic E-state index is 2.60. The maximum Gasteiger partial charge on any atom is 0.0926 e. The fourth-order valence-corrected chi connectivity index (χ4v) is 15.4. The van der Waals surface area contributed by atoms with Crippen molar-refractivity contribution in [3.63, 3.8) is 0 Å². The molecule has 0 bridgehead atoms. The molecule has 2 atom stereocenters. The highest BCUT2D eigenvalue weighted by molar-refractivity contribution is 7.99. The van der Waals surface area contributed by atoms with Crippen LogP contribution in [0.2, 0.25) is 18.6 Å². The molecule has 2 unspecified atom stereocenters. The van der Waals surface area contributed by atoms with Crippen LogP contribution in [0.5, 0.6) is 0 Å². The molecule has 12 rings (SSSR count). The highest BCUT2D eigenvalue weighted by atomic mass is 32.2. The van der Waals surface area contributed by atoms with Crippen molar-refractivity contribution in [2.24, 2.45) is 0 Å².